The van der Waals surface area contributed by atoms with E-state index in [1.807, 2.05) is 0 Å². The second-order valence-corrected chi connectivity index (χ2v) is 5.52. The molecule has 0 aliphatic heterocycles. The van der Waals surface area contributed by atoms with Gasteiger partial charge in [0.25, 0.3) is 0 Å². The number of nitrogens with one attached hydrogen (secondary N) is 2. The summed E-state index contributed by atoms with van der Waals surface area (Å²) in [5.41, 5.74) is 0.137. The van der Waals surface area contributed by atoms with E-state index in [-0.39, 0.29) is 22.5 Å². The van der Waals surface area contributed by atoms with Crippen LogP contribution in [0.1, 0.15) is 0 Å². The number of anilines is 4. The number of benzene rings is 2. The van der Waals surface area contributed by atoms with Gasteiger partial charge in [0, 0.05) is 0 Å². The van der Waals surface area contributed by atoms with E-state index in [9.17, 15) is 13.2 Å². The SMILES string of the molecule is Fc1ccc(Nc2nncc(Nc3cccc(Cl)c3Cl)n2)c(F)c1F. The zero-order valence-corrected chi connectivity index (χ0v) is 13.7. The lowest BCUT2D eigenvalue weighted by molar-refractivity contribution is 0.449. The molecule has 1 aromatic heterocycles. The molecule has 10 heteroatoms. The fraction of sp³-hybridized carbons (Fsp3) is 0. The highest BCUT2D eigenvalue weighted by atomic mass is 35.5. The second kappa shape index (κ2) is 7.12. The van der Waals surface area contributed by atoms with Crippen LogP contribution in [0, 0.1) is 17.5 Å². The lowest BCUT2D eigenvalue weighted by atomic mass is 10.3. The monoisotopic (exact) mass is 385 g/mol. The maximum Gasteiger partial charge on any atom is 0.249 e. The average molecular weight is 386 g/mol. The van der Waals surface area contributed by atoms with E-state index in [0.717, 1.165) is 12.1 Å². The minimum absolute atomic E-state index is 0.131. The number of hydrogen-bond donors (Lipinski definition) is 2. The third kappa shape index (κ3) is 3.75. The summed E-state index contributed by atoms with van der Waals surface area (Å²) in [5.74, 6) is -4.19. The Balaban J connectivity index is 1.85. The van der Waals surface area contributed by atoms with Crippen LogP contribution in [0.5, 0.6) is 0 Å². The molecule has 2 N–H and O–H groups in total. The van der Waals surface area contributed by atoms with Crippen molar-refractivity contribution in [3.8, 4) is 0 Å². The fourth-order valence-corrected chi connectivity index (χ4v) is 2.25. The summed E-state index contributed by atoms with van der Waals surface area (Å²) in [7, 11) is 0. The molecule has 0 spiro atoms. The first-order valence-electron chi connectivity index (χ1n) is 6.77. The van der Waals surface area contributed by atoms with Crippen molar-refractivity contribution in [2.24, 2.45) is 0 Å². The Morgan fingerprint density at radius 2 is 1.68 bits per heavy atom. The zero-order chi connectivity index (χ0) is 18.0. The Labute approximate surface area is 149 Å². The van der Waals surface area contributed by atoms with Gasteiger partial charge in [-0.15, -0.1) is 5.10 Å². The van der Waals surface area contributed by atoms with Gasteiger partial charge in [0.2, 0.25) is 5.95 Å². The van der Waals surface area contributed by atoms with Gasteiger partial charge in [0.15, 0.2) is 23.3 Å². The number of nitrogens with zero attached hydrogens (tertiary/aromatic N) is 3. The molecule has 128 valence electrons. The van der Waals surface area contributed by atoms with E-state index < -0.39 is 17.5 Å². The molecule has 0 unspecified atom stereocenters. The topological polar surface area (TPSA) is 62.7 Å². The van der Waals surface area contributed by atoms with Crippen molar-refractivity contribution in [3.63, 3.8) is 0 Å². The number of rotatable bonds is 4. The summed E-state index contributed by atoms with van der Waals surface area (Å²) in [6.07, 6.45) is 1.30. The normalized spacial score (nSPS) is 10.6. The van der Waals surface area contributed by atoms with Crippen LogP contribution in [-0.2, 0) is 0 Å². The largest absolute Gasteiger partial charge is 0.338 e. The van der Waals surface area contributed by atoms with Crippen molar-refractivity contribution in [1.82, 2.24) is 15.2 Å². The Kier molecular flexibility index (Phi) is 4.91. The Morgan fingerprint density at radius 3 is 2.48 bits per heavy atom. The highest BCUT2D eigenvalue weighted by molar-refractivity contribution is 6.43. The van der Waals surface area contributed by atoms with E-state index in [1.165, 1.54) is 6.20 Å². The van der Waals surface area contributed by atoms with Crippen molar-refractivity contribution < 1.29 is 13.2 Å². The number of aromatic nitrogens is 3. The molecule has 5 nitrogen and oxygen atoms in total. The maximum atomic E-state index is 13.7. The van der Waals surface area contributed by atoms with Crippen molar-refractivity contribution in [2.75, 3.05) is 10.6 Å². The summed E-state index contributed by atoms with van der Waals surface area (Å²) in [5, 5.41) is 13.3. The Hall–Kier alpha value is -2.58. The summed E-state index contributed by atoms with van der Waals surface area (Å²) < 4.78 is 39.9. The van der Waals surface area contributed by atoms with Crippen LogP contribution in [0.15, 0.2) is 36.5 Å². The minimum atomic E-state index is -1.60. The summed E-state index contributed by atoms with van der Waals surface area (Å²) in [6, 6.07) is 6.76. The van der Waals surface area contributed by atoms with Crippen LogP contribution in [0.3, 0.4) is 0 Å². The van der Waals surface area contributed by atoms with Crippen molar-refractivity contribution in [3.05, 3.63) is 64.0 Å². The quantitative estimate of drug-likeness (QED) is 0.612. The van der Waals surface area contributed by atoms with Crippen LogP contribution >= 0.6 is 23.2 Å². The zero-order valence-electron chi connectivity index (χ0n) is 12.2. The smallest absolute Gasteiger partial charge is 0.249 e. The number of hydrogen-bond acceptors (Lipinski definition) is 5. The molecule has 0 amide bonds. The molecule has 0 saturated heterocycles. The Morgan fingerprint density at radius 1 is 0.880 bits per heavy atom. The van der Waals surface area contributed by atoms with Gasteiger partial charge in [-0.05, 0) is 24.3 Å². The minimum Gasteiger partial charge on any atom is -0.338 e. The molecule has 0 radical (unpaired) electrons. The third-order valence-electron chi connectivity index (χ3n) is 3.05. The summed E-state index contributed by atoms with van der Waals surface area (Å²) in [4.78, 5) is 4.05. The molecular weight excluding hydrogens is 378 g/mol. The Bertz CT molecular complexity index is 939. The van der Waals surface area contributed by atoms with Crippen LogP contribution in [0.2, 0.25) is 10.0 Å². The van der Waals surface area contributed by atoms with Crippen molar-refractivity contribution in [1.29, 1.82) is 0 Å². The second-order valence-electron chi connectivity index (χ2n) is 4.74. The van der Waals surface area contributed by atoms with Crippen molar-refractivity contribution >= 4 is 46.3 Å². The summed E-state index contributed by atoms with van der Waals surface area (Å²) >= 11 is 12.0. The van der Waals surface area contributed by atoms with Crippen LogP contribution in [0.4, 0.5) is 36.3 Å². The van der Waals surface area contributed by atoms with E-state index in [4.69, 9.17) is 23.2 Å². The number of halogens is 5. The first kappa shape index (κ1) is 17.2. The third-order valence-corrected chi connectivity index (χ3v) is 3.87. The van der Waals surface area contributed by atoms with Crippen LogP contribution in [-0.4, -0.2) is 15.2 Å². The fourth-order valence-electron chi connectivity index (χ4n) is 1.90. The van der Waals surface area contributed by atoms with Crippen LogP contribution < -0.4 is 10.6 Å². The van der Waals surface area contributed by atoms with E-state index in [1.54, 1.807) is 18.2 Å². The average Bonchev–Trinajstić information content (AvgIpc) is 2.60. The van der Waals surface area contributed by atoms with E-state index >= 15 is 0 Å². The molecule has 0 aliphatic carbocycles. The molecule has 2 aromatic carbocycles. The molecule has 0 atom stereocenters. The van der Waals surface area contributed by atoms with E-state index in [2.05, 4.69) is 25.8 Å². The van der Waals surface area contributed by atoms with Gasteiger partial charge in [-0.2, -0.15) is 10.1 Å². The first-order chi connectivity index (χ1) is 12.0. The van der Waals surface area contributed by atoms with Gasteiger partial charge in [-0.25, -0.2) is 13.2 Å². The lowest BCUT2D eigenvalue weighted by Gasteiger charge is -2.10. The predicted molar refractivity (Wildman–Crippen MR) is 89.2 cm³/mol. The molecule has 0 aliphatic rings. The molecule has 3 aromatic rings. The van der Waals surface area contributed by atoms with Crippen LogP contribution in [0.25, 0.3) is 0 Å². The van der Waals surface area contributed by atoms with Gasteiger partial charge < -0.3 is 10.6 Å². The molecule has 0 fully saturated rings. The maximum absolute atomic E-state index is 13.7. The van der Waals surface area contributed by atoms with Crippen molar-refractivity contribution in [2.45, 2.75) is 0 Å². The van der Waals surface area contributed by atoms with Gasteiger partial charge in [-0.3, -0.25) is 0 Å². The summed E-state index contributed by atoms with van der Waals surface area (Å²) in [6.45, 7) is 0. The highest BCUT2D eigenvalue weighted by Crippen LogP contribution is 2.31. The lowest BCUT2D eigenvalue weighted by Crippen LogP contribution is -2.05. The molecule has 0 saturated carbocycles. The van der Waals surface area contributed by atoms with E-state index in [0.29, 0.717) is 10.7 Å². The molecule has 3 rings (SSSR count). The molecule has 0 bridgehead atoms. The van der Waals surface area contributed by atoms with Gasteiger partial charge in [0.05, 0.1) is 27.6 Å². The van der Waals surface area contributed by atoms with Gasteiger partial charge >= 0.3 is 0 Å². The molecule has 25 heavy (non-hydrogen) atoms. The standard InChI is InChI=1S/C15H8Cl2F3N5/c16-7-2-1-3-9(12(7)17)22-11-6-21-25-15(24-11)23-10-5-4-8(18)13(19)14(10)20/h1-6H,(H2,22,23,24,25). The predicted octanol–water partition coefficient (Wildman–Crippen LogP) is 5.08. The molecule has 1 heterocycles. The molecular formula is C15H8Cl2F3N5. The first-order valence-corrected chi connectivity index (χ1v) is 7.52. The van der Waals surface area contributed by atoms with Gasteiger partial charge in [-0.1, -0.05) is 29.3 Å². The highest BCUT2D eigenvalue weighted by Gasteiger charge is 2.14. The van der Waals surface area contributed by atoms with Gasteiger partial charge in [0.1, 0.15) is 0 Å².